The van der Waals surface area contributed by atoms with Gasteiger partial charge in [0.1, 0.15) is 6.61 Å². The number of imidazole rings is 1. The maximum Gasteiger partial charge on any atom is 0.217 e. The molecule has 0 atom stereocenters. The Labute approximate surface area is 176 Å². The number of hydrazone groups is 1. The van der Waals surface area contributed by atoms with Gasteiger partial charge in [0.15, 0.2) is 5.82 Å². The number of aryl methyl sites for hydroxylation is 1. The first-order valence-electron chi connectivity index (χ1n) is 10.1. The van der Waals surface area contributed by atoms with Crippen LogP contribution in [0.4, 0.5) is 5.82 Å². The number of rotatable bonds is 8. The average Bonchev–Trinajstić information content (AvgIpc) is 3.30. The van der Waals surface area contributed by atoms with E-state index < -0.39 is 0 Å². The third-order valence-corrected chi connectivity index (χ3v) is 4.79. The standard InChI is InChI=1S/C22H26N6O2/c1-18-3-2-4-19(13-18)16-24-26-21-14-20(28-6-5-23-17-28)15-22(25-21)30-12-9-27-7-10-29-11-8-27/h2-6,13-17H,7-12H2,1H3,(H,25,26)/b24-16+. The first-order chi connectivity index (χ1) is 14.8. The average molecular weight is 406 g/mol. The van der Waals surface area contributed by atoms with Gasteiger partial charge in [0.2, 0.25) is 5.88 Å². The minimum absolute atomic E-state index is 0.544. The summed E-state index contributed by atoms with van der Waals surface area (Å²) in [4.78, 5) is 11.0. The van der Waals surface area contributed by atoms with E-state index in [4.69, 9.17) is 9.47 Å². The molecule has 1 aliphatic heterocycles. The van der Waals surface area contributed by atoms with Gasteiger partial charge in [-0.3, -0.25) is 10.3 Å². The number of nitrogens with zero attached hydrogens (tertiary/aromatic N) is 5. The Morgan fingerprint density at radius 2 is 2.13 bits per heavy atom. The Bertz CT molecular complexity index is 968. The number of benzene rings is 1. The number of hydrogen-bond donors (Lipinski definition) is 1. The minimum Gasteiger partial charge on any atom is -0.476 e. The monoisotopic (exact) mass is 406 g/mol. The third-order valence-electron chi connectivity index (χ3n) is 4.79. The summed E-state index contributed by atoms with van der Waals surface area (Å²) in [7, 11) is 0. The van der Waals surface area contributed by atoms with Crippen LogP contribution < -0.4 is 10.2 Å². The topological polar surface area (TPSA) is 76.8 Å². The smallest absolute Gasteiger partial charge is 0.217 e. The molecule has 1 N–H and O–H groups in total. The van der Waals surface area contributed by atoms with Crippen LogP contribution in [-0.2, 0) is 4.74 Å². The van der Waals surface area contributed by atoms with Crippen molar-refractivity contribution in [2.75, 3.05) is 44.9 Å². The molecule has 8 heteroatoms. The van der Waals surface area contributed by atoms with Crippen molar-refractivity contribution in [2.24, 2.45) is 5.10 Å². The third kappa shape index (κ3) is 5.65. The van der Waals surface area contributed by atoms with Gasteiger partial charge in [-0.05, 0) is 12.5 Å². The molecule has 0 amide bonds. The summed E-state index contributed by atoms with van der Waals surface area (Å²) in [5.74, 6) is 1.15. The van der Waals surface area contributed by atoms with Crippen LogP contribution in [-0.4, -0.2) is 65.1 Å². The molecular formula is C22H26N6O2. The zero-order valence-corrected chi connectivity index (χ0v) is 17.1. The van der Waals surface area contributed by atoms with E-state index in [0.717, 1.165) is 44.1 Å². The van der Waals surface area contributed by atoms with Gasteiger partial charge in [-0.2, -0.15) is 10.1 Å². The van der Waals surface area contributed by atoms with Crippen molar-refractivity contribution >= 4 is 12.0 Å². The van der Waals surface area contributed by atoms with Crippen LogP contribution >= 0.6 is 0 Å². The Morgan fingerprint density at radius 1 is 1.23 bits per heavy atom. The molecule has 0 bridgehead atoms. The fraction of sp³-hybridized carbons (Fsp3) is 0.318. The summed E-state index contributed by atoms with van der Waals surface area (Å²) in [6, 6.07) is 11.9. The molecule has 1 aliphatic rings. The second-order valence-corrected chi connectivity index (χ2v) is 7.11. The summed E-state index contributed by atoms with van der Waals surface area (Å²) < 4.78 is 13.2. The molecule has 1 saturated heterocycles. The largest absolute Gasteiger partial charge is 0.476 e. The molecule has 30 heavy (non-hydrogen) atoms. The van der Waals surface area contributed by atoms with Crippen LogP contribution in [0.15, 0.2) is 60.2 Å². The molecule has 2 aromatic heterocycles. The Kier molecular flexibility index (Phi) is 6.68. The van der Waals surface area contributed by atoms with E-state index in [9.17, 15) is 0 Å². The maximum atomic E-state index is 5.95. The highest BCUT2D eigenvalue weighted by Gasteiger charge is 2.11. The van der Waals surface area contributed by atoms with Crippen molar-refractivity contribution in [3.05, 3.63) is 66.2 Å². The molecule has 8 nitrogen and oxygen atoms in total. The lowest BCUT2D eigenvalue weighted by Gasteiger charge is -2.26. The second kappa shape index (κ2) is 10.00. The van der Waals surface area contributed by atoms with Crippen LogP contribution in [0.25, 0.3) is 5.69 Å². The van der Waals surface area contributed by atoms with Gasteiger partial charge in [0.05, 0.1) is 31.4 Å². The van der Waals surface area contributed by atoms with Gasteiger partial charge in [-0.1, -0.05) is 29.8 Å². The van der Waals surface area contributed by atoms with Crippen molar-refractivity contribution in [3.63, 3.8) is 0 Å². The van der Waals surface area contributed by atoms with E-state index >= 15 is 0 Å². The first-order valence-corrected chi connectivity index (χ1v) is 10.1. The van der Waals surface area contributed by atoms with Crippen molar-refractivity contribution in [2.45, 2.75) is 6.92 Å². The van der Waals surface area contributed by atoms with Gasteiger partial charge in [0, 0.05) is 44.2 Å². The van der Waals surface area contributed by atoms with Gasteiger partial charge >= 0.3 is 0 Å². The quantitative estimate of drug-likeness (QED) is 0.458. The Morgan fingerprint density at radius 3 is 2.93 bits per heavy atom. The SMILES string of the molecule is Cc1cccc(/C=N/Nc2cc(-n3ccnc3)cc(OCCN3CCOCC3)n2)c1. The zero-order valence-electron chi connectivity index (χ0n) is 17.1. The van der Waals surface area contributed by atoms with Gasteiger partial charge in [-0.15, -0.1) is 0 Å². The molecule has 0 radical (unpaired) electrons. The van der Waals surface area contributed by atoms with Gasteiger partial charge in [0.25, 0.3) is 0 Å². The summed E-state index contributed by atoms with van der Waals surface area (Å²) in [6.45, 7) is 6.89. The van der Waals surface area contributed by atoms with Crippen LogP contribution in [0.1, 0.15) is 11.1 Å². The summed E-state index contributed by atoms with van der Waals surface area (Å²) in [5.41, 5.74) is 6.13. The lowest BCUT2D eigenvalue weighted by Crippen LogP contribution is -2.38. The number of nitrogens with one attached hydrogen (secondary N) is 1. The predicted octanol–water partition coefficient (Wildman–Crippen LogP) is 2.73. The van der Waals surface area contributed by atoms with E-state index in [-0.39, 0.29) is 0 Å². The molecule has 0 unspecified atom stereocenters. The van der Waals surface area contributed by atoms with Crippen molar-refractivity contribution < 1.29 is 9.47 Å². The number of pyridine rings is 1. The molecule has 0 aliphatic carbocycles. The van der Waals surface area contributed by atoms with E-state index in [0.29, 0.717) is 18.3 Å². The Balaban J connectivity index is 1.44. The highest BCUT2D eigenvalue weighted by atomic mass is 16.5. The lowest BCUT2D eigenvalue weighted by molar-refractivity contribution is 0.0320. The van der Waals surface area contributed by atoms with E-state index in [1.54, 1.807) is 18.7 Å². The fourth-order valence-corrected chi connectivity index (χ4v) is 3.21. The molecule has 1 aromatic carbocycles. The molecule has 3 heterocycles. The molecule has 4 rings (SSSR count). The van der Waals surface area contributed by atoms with E-state index in [2.05, 4.69) is 44.5 Å². The normalized spacial score (nSPS) is 14.8. The van der Waals surface area contributed by atoms with E-state index in [1.807, 2.05) is 35.0 Å². The molecule has 0 saturated carbocycles. The summed E-state index contributed by atoms with van der Waals surface area (Å²) in [5, 5.41) is 4.33. The van der Waals surface area contributed by atoms with Crippen molar-refractivity contribution in [1.29, 1.82) is 0 Å². The van der Waals surface area contributed by atoms with Crippen molar-refractivity contribution in [1.82, 2.24) is 19.4 Å². The van der Waals surface area contributed by atoms with Crippen LogP contribution in [0, 0.1) is 6.92 Å². The summed E-state index contributed by atoms with van der Waals surface area (Å²) >= 11 is 0. The van der Waals surface area contributed by atoms with Crippen LogP contribution in [0.3, 0.4) is 0 Å². The number of aromatic nitrogens is 3. The maximum absolute atomic E-state index is 5.95. The molecule has 3 aromatic rings. The number of ether oxygens (including phenoxy) is 2. The fourth-order valence-electron chi connectivity index (χ4n) is 3.21. The van der Waals surface area contributed by atoms with Crippen LogP contribution in [0.2, 0.25) is 0 Å². The molecule has 1 fully saturated rings. The predicted molar refractivity (Wildman–Crippen MR) is 117 cm³/mol. The van der Waals surface area contributed by atoms with Gasteiger partial charge < -0.3 is 14.0 Å². The molecule has 156 valence electrons. The van der Waals surface area contributed by atoms with E-state index in [1.165, 1.54) is 5.56 Å². The zero-order chi connectivity index (χ0) is 20.6. The van der Waals surface area contributed by atoms with Crippen molar-refractivity contribution in [3.8, 4) is 11.6 Å². The number of anilines is 1. The minimum atomic E-state index is 0.544. The highest BCUT2D eigenvalue weighted by Crippen LogP contribution is 2.20. The van der Waals surface area contributed by atoms with Crippen LogP contribution in [0.5, 0.6) is 5.88 Å². The second-order valence-electron chi connectivity index (χ2n) is 7.11. The highest BCUT2D eigenvalue weighted by molar-refractivity contribution is 5.80. The molecular weight excluding hydrogens is 380 g/mol. The lowest BCUT2D eigenvalue weighted by atomic mass is 10.2. The Hall–Kier alpha value is -3.23. The summed E-state index contributed by atoms with van der Waals surface area (Å²) in [6.07, 6.45) is 7.14. The van der Waals surface area contributed by atoms with Gasteiger partial charge in [-0.25, -0.2) is 4.98 Å². The first kappa shape index (κ1) is 20.1. The number of hydrogen-bond acceptors (Lipinski definition) is 7. The number of morpholine rings is 1. The molecule has 0 spiro atoms.